The lowest BCUT2D eigenvalue weighted by molar-refractivity contribution is 0.0953. The third kappa shape index (κ3) is 4.63. The van der Waals surface area contributed by atoms with Gasteiger partial charge in [0.05, 0.1) is 17.5 Å². The highest BCUT2D eigenvalue weighted by Crippen LogP contribution is 2.50. The lowest BCUT2D eigenvalue weighted by Crippen LogP contribution is -2.45. The molecule has 1 unspecified atom stereocenters. The van der Waals surface area contributed by atoms with Gasteiger partial charge in [-0.25, -0.2) is 0 Å². The van der Waals surface area contributed by atoms with Crippen LogP contribution in [0.3, 0.4) is 0 Å². The maximum Gasteiger partial charge on any atom is 0.251 e. The highest BCUT2D eigenvalue weighted by Gasteiger charge is 2.33. The van der Waals surface area contributed by atoms with Crippen LogP contribution in [0.5, 0.6) is 0 Å². The number of likely N-dealkylation sites (tertiary alicyclic amines) is 1. The van der Waals surface area contributed by atoms with Crippen LogP contribution >= 0.6 is 24.2 Å². The molecule has 2 aromatic rings. The van der Waals surface area contributed by atoms with Crippen molar-refractivity contribution < 1.29 is 4.79 Å². The second kappa shape index (κ2) is 10.6. The number of benzene rings is 2. The smallest absolute Gasteiger partial charge is 0.251 e. The van der Waals surface area contributed by atoms with Crippen molar-refractivity contribution in [2.75, 3.05) is 24.5 Å². The lowest BCUT2D eigenvalue weighted by Gasteiger charge is -2.42. The van der Waals surface area contributed by atoms with Crippen LogP contribution < -0.4 is 10.2 Å². The molecule has 0 spiro atoms. The highest BCUT2D eigenvalue weighted by atomic mass is 35.5. The summed E-state index contributed by atoms with van der Waals surface area (Å²) < 4.78 is 0. The molecule has 1 N–H and O–H groups in total. The third-order valence-corrected chi connectivity index (χ3v) is 7.00. The van der Waals surface area contributed by atoms with Gasteiger partial charge in [0, 0.05) is 35.0 Å². The van der Waals surface area contributed by atoms with E-state index < -0.39 is 0 Å². The zero-order valence-electron chi connectivity index (χ0n) is 17.9. The Morgan fingerprint density at radius 2 is 1.80 bits per heavy atom. The Hall–Kier alpha value is -1.69. The minimum atomic E-state index is 0. The molecular weight excluding hydrogens is 414 g/mol. The van der Waals surface area contributed by atoms with Gasteiger partial charge in [0.1, 0.15) is 0 Å². The molecule has 2 aliphatic heterocycles. The van der Waals surface area contributed by atoms with E-state index in [2.05, 4.69) is 65.4 Å². The molecule has 0 aromatic heterocycles. The molecule has 0 aliphatic carbocycles. The summed E-state index contributed by atoms with van der Waals surface area (Å²) in [6.45, 7) is 7.45. The van der Waals surface area contributed by atoms with Crippen molar-refractivity contribution in [3.05, 3.63) is 48.0 Å². The largest absolute Gasteiger partial charge is 0.352 e. The Labute approximate surface area is 190 Å². The van der Waals surface area contributed by atoms with E-state index in [9.17, 15) is 4.79 Å². The van der Waals surface area contributed by atoms with Crippen LogP contribution in [0.1, 0.15) is 56.3 Å². The predicted octanol–water partition coefficient (Wildman–Crippen LogP) is 6.07. The average Bonchev–Trinajstić information content (AvgIpc) is 3.28. The van der Waals surface area contributed by atoms with E-state index in [1.807, 2.05) is 6.07 Å². The zero-order valence-corrected chi connectivity index (χ0v) is 19.5. The Kier molecular flexibility index (Phi) is 8.09. The van der Waals surface area contributed by atoms with Gasteiger partial charge in [0.25, 0.3) is 5.91 Å². The number of carbonyl (C=O) groups excluding carboxylic acids is 1. The fraction of sp³-hybridized carbons (Fsp3) is 0.458. The molecule has 1 amide bonds. The first-order valence-electron chi connectivity index (χ1n) is 10.9. The van der Waals surface area contributed by atoms with Gasteiger partial charge in [0.2, 0.25) is 0 Å². The maximum absolute atomic E-state index is 12.7. The molecule has 30 heavy (non-hydrogen) atoms. The van der Waals surface area contributed by atoms with Crippen LogP contribution in [0, 0.1) is 0 Å². The van der Waals surface area contributed by atoms with E-state index in [0.29, 0.717) is 6.17 Å². The topological polar surface area (TPSA) is 35.6 Å². The Morgan fingerprint density at radius 3 is 2.53 bits per heavy atom. The first kappa shape index (κ1) is 23.0. The second-order valence-electron chi connectivity index (χ2n) is 7.86. The van der Waals surface area contributed by atoms with Crippen molar-refractivity contribution in [3.63, 3.8) is 0 Å². The molecule has 2 aliphatic rings. The normalized spacial score (nSPS) is 16.4. The van der Waals surface area contributed by atoms with Crippen LogP contribution in [0.25, 0.3) is 0 Å². The number of para-hydroxylation sites is 1. The van der Waals surface area contributed by atoms with Gasteiger partial charge in [-0.15, -0.1) is 12.4 Å². The van der Waals surface area contributed by atoms with Gasteiger partial charge < -0.3 is 10.2 Å². The number of unbranched alkanes of at least 4 members (excludes halogenated alkanes) is 1. The molecule has 0 saturated carbocycles. The standard InChI is InChI=1S/C24H31N3OS.ClH/c1-3-5-14-25-24(28)18-12-13-22-20(17-18)27(19-10-6-7-11-21(19)29-22)23(4-2)26-15-8-9-16-26;/h6-7,10-13,17,23H,3-5,8-9,14-16H2,1-2H3,(H,25,28);1H. The van der Waals surface area contributed by atoms with Gasteiger partial charge in [-0.1, -0.05) is 44.2 Å². The highest BCUT2D eigenvalue weighted by molar-refractivity contribution is 7.99. The molecule has 2 aromatic carbocycles. The lowest BCUT2D eigenvalue weighted by atomic mass is 10.1. The summed E-state index contributed by atoms with van der Waals surface area (Å²) in [6, 6.07) is 14.8. The van der Waals surface area contributed by atoms with E-state index in [1.165, 1.54) is 28.3 Å². The summed E-state index contributed by atoms with van der Waals surface area (Å²) >= 11 is 1.81. The first-order valence-corrected chi connectivity index (χ1v) is 11.8. The summed E-state index contributed by atoms with van der Waals surface area (Å²) in [5, 5.41) is 3.06. The quantitative estimate of drug-likeness (QED) is 0.524. The van der Waals surface area contributed by atoms with Crippen molar-refractivity contribution >= 4 is 41.5 Å². The average molecular weight is 446 g/mol. The Bertz CT molecular complexity index is 869. The van der Waals surface area contributed by atoms with Gasteiger partial charge in [-0.05, 0) is 56.0 Å². The number of anilines is 2. The third-order valence-electron chi connectivity index (χ3n) is 5.87. The summed E-state index contributed by atoms with van der Waals surface area (Å²) in [7, 11) is 0. The molecule has 0 radical (unpaired) electrons. The molecule has 1 saturated heterocycles. The number of amides is 1. The van der Waals surface area contributed by atoms with Crippen molar-refractivity contribution in [1.82, 2.24) is 10.2 Å². The van der Waals surface area contributed by atoms with Gasteiger partial charge >= 0.3 is 0 Å². The second-order valence-corrected chi connectivity index (χ2v) is 8.95. The van der Waals surface area contributed by atoms with E-state index in [4.69, 9.17) is 0 Å². The van der Waals surface area contributed by atoms with E-state index >= 15 is 0 Å². The summed E-state index contributed by atoms with van der Waals surface area (Å²) in [4.78, 5) is 20.3. The summed E-state index contributed by atoms with van der Waals surface area (Å²) in [5.41, 5.74) is 3.17. The van der Waals surface area contributed by atoms with Gasteiger partial charge in [0.15, 0.2) is 0 Å². The minimum Gasteiger partial charge on any atom is -0.352 e. The van der Waals surface area contributed by atoms with Crippen molar-refractivity contribution in [1.29, 1.82) is 0 Å². The molecule has 4 rings (SSSR count). The van der Waals surface area contributed by atoms with Crippen molar-refractivity contribution in [2.24, 2.45) is 0 Å². The first-order chi connectivity index (χ1) is 14.2. The Morgan fingerprint density at radius 1 is 1.07 bits per heavy atom. The SMILES string of the molecule is CCCCNC(=O)c1ccc2c(c1)N(C(CC)N1CCCC1)c1ccccc1S2.Cl. The molecular formula is C24H32ClN3OS. The number of rotatable bonds is 7. The molecule has 4 nitrogen and oxygen atoms in total. The van der Waals surface area contributed by atoms with Crippen molar-refractivity contribution in [3.8, 4) is 0 Å². The summed E-state index contributed by atoms with van der Waals surface area (Å²) in [5.74, 6) is 0.0271. The number of carbonyl (C=O) groups is 1. The van der Waals surface area contributed by atoms with Gasteiger partial charge in [-0.3, -0.25) is 9.69 Å². The number of fused-ring (bicyclic) bond motifs is 2. The predicted molar refractivity (Wildman–Crippen MR) is 129 cm³/mol. The van der Waals surface area contributed by atoms with E-state index in [0.717, 1.165) is 50.1 Å². The van der Waals surface area contributed by atoms with Crippen molar-refractivity contribution in [2.45, 2.75) is 61.9 Å². The van der Waals surface area contributed by atoms with Crippen LogP contribution in [-0.4, -0.2) is 36.6 Å². The molecule has 2 heterocycles. The van der Waals surface area contributed by atoms with E-state index in [-0.39, 0.29) is 18.3 Å². The molecule has 162 valence electrons. The molecule has 1 atom stereocenters. The summed E-state index contributed by atoms with van der Waals surface area (Å²) in [6.07, 6.45) is 6.00. The molecule has 6 heteroatoms. The molecule has 0 bridgehead atoms. The number of halogens is 1. The maximum atomic E-state index is 12.7. The van der Waals surface area contributed by atoms with Crippen LogP contribution in [0.15, 0.2) is 52.3 Å². The monoisotopic (exact) mass is 445 g/mol. The number of nitrogens with zero attached hydrogens (tertiary/aromatic N) is 2. The number of nitrogens with one attached hydrogen (secondary N) is 1. The fourth-order valence-corrected chi connectivity index (χ4v) is 5.42. The zero-order chi connectivity index (χ0) is 20.2. The Balaban J connectivity index is 0.00000256. The van der Waals surface area contributed by atoms with Crippen LogP contribution in [-0.2, 0) is 0 Å². The number of hydrogen-bond acceptors (Lipinski definition) is 4. The van der Waals surface area contributed by atoms with Crippen LogP contribution in [0.2, 0.25) is 0 Å². The number of hydrogen-bond donors (Lipinski definition) is 1. The van der Waals surface area contributed by atoms with E-state index in [1.54, 1.807) is 11.8 Å². The van der Waals surface area contributed by atoms with Gasteiger partial charge in [-0.2, -0.15) is 0 Å². The van der Waals surface area contributed by atoms with Crippen LogP contribution in [0.4, 0.5) is 11.4 Å². The molecule has 1 fully saturated rings. The minimum absolute atomic E-state index is 0. The fourth-order valence-electron chi connectivity index (χ4n) is 4.37.